The fraction of sp³-hybridized carbons (Fsp3) is 1.00. The van der Waals surface area contributed by atoms with E-state index in [0.717, 1.165) is 12.8 Å². The van der Waals surface area contributed by atoms with Gasteiger partial charge in [-0.3, -0.25) is 0 Å². The summed E-state index contributed by atoms with van der Waals surface area (Å²) in [5.74, 6) is 0. The SMILES string of the molecule is NCCCC(O)(P)P. The van der Waals surface area contributed by atoms with Crippen molar-refractivity contribution in [1.82, 2.24) is 0 Å². The first-order valence-electron chi connectivity index (χ1n) is 2.56. The summed E-state index contributed by atoms with van der Waals surface area (Å²) in [4.78, 5) is 0. The highest BCUT2D eigenvalue weighted by Crippen LogP contribution is 2.27. The number of rotatable bonds is 3. The molecule has 0 spiro atoms. The molecule has 2 nitrogen and oxygen atoms in total. The van der Waals surface area contributed by atoms with Gasteiger partial charge in [-0.25, -0.2) is 0 Å². The summed E-state index contributed by atoms with van der Waals surface area (Å²) in [6, 6.07) is 0. The molecule has 8 heavy (non-hydrogen) atoms. The summed E-state index contributed by atoms with van der Waals surface area (Å²) < 4.78 is 0. The van der Waals surface area contributed by atoms with Crippen LogP contribution in [0, 0.1) is 0 Å². The minimum Gasteiger partial charge on any atom is -0.382 e. The van der Waals surface area contributed by atoms with Crippen LogP contribution < -0.4 is 5.73 Å². The van der Waals surface area contributed by atoms with Gasteiger partial charge < -0.3 is 10.8 Å². The molecule has 0 aromatic carbocycles. The van der Waals surface area contributed by atoms with Gasteiger partial charge in [0.1, 0.15) is 0 Å². The van der Waals surface area contributed by atoms with E-state index in [1.54, 1.807) is 0 Å². The predicted octanol–water partition coefficient (Wildman–Crippen LogP) is 0.122. The summed E-state index contributed by atoms with van der Waals surface area (Å²) in [7, 11) is 4.66. The van der Waals surface area contributed by atoms with Crippen LogP contribution in [0.25, 0.3) is 0 Å². The Kier molecular flexibility index (Phi) is 4.10. The van der Waals surface area contributed by atoms with E-state index in [1.165, 1.54) is 0 Å². The average Bonchev–Trinajstić information content (AvgIpc) is 1.59. The maximum absolute atomic E-state index is 9.02. The van der Waals surface area contributed by atoms with Gasteiger partial charge in [0, 0.05) is 0 Å². The van der Waals surface area contributed by atoms with Crippen LogP contribution in [0.5, 0.6) is 0 Å². The fourth-order valence-corrected chi connectivity index (χ4v) is 0.793. The molecule has 0 aromatic rings. The second kappa shape index (κ2) is 3.74. The molecule has 0 amide bonds. The summed E-state index contributed by atoms with van der Waals surface area (Å²) in [5, 5.41) is 8.32. The molecule has 0 aliphatic rings. The van der Waals surface area contributed by atoms with Crippen LogP contribution in [-0.4, -0.2) is 16.7 Å². The highest BCUT2D eigenvalue weighted by atomic mass is 31.1. The van der Waals surface area contributed by atoms with Crippen LogP contribution in [0.3, 0.4) is 0 Å². The van der Waals surface area contributed by atoms with Crippen LogP contribution in [0.4, 0.5) is 0 Å². The Balaban J connectivity index is 3.11. The maximum Gasteiger partial charge on any atom is 0.0906 e. The highest BCUT2D eigenvalue weighted by molar-refractivity contribution is 7.39. The van der Waals surface area contributed by atoms with Crippen LogP contribution in [0.2, 0.25) is 0 Å². The van der Waals surface area contributed by atoms with Gasteiger partial charge in [-0.15, -0.1) is 0 Å². The van der Waals surface area contributed by atoms with Crippen LogP contribution in [-0.2, 0) is 0 Å². The number of nitrogens with two attached hydrogens (primary N) is 1. The molecule has 2 atom stereocenters. The van der Waals surface area contributed by atoms with Crippen molar-refractivity contribution < 1.29 is 5.11 Å². The molecule has 2 unspecified atom stereocenters. The molecule has 0 saturated heterocycles. The normalized spacial score (nSPS) is 12.0. The lowest BCUT2D eigenvalue weighted by Crippen LogP contribution is -2.11. The van der Waals surface area contributed by atoms with Gasteiger partial charge in [0.2, 0.25) is 0 Å². The minimum atomic E-state index is -0.695. The lowest BCUT2D eigenvalue weighted by Gasteiger charge is -2.14. The summed E-state index contributed by atoms with van der Waals surface area (Å²) in [6.45, 7) is 0.644. The molecule has 0 bridgehead atoms. The summed E-state index contributed by atoms with van der Waals surface area (Å²) >= 11 is 0. The topological polar surface area (TPSA) is 46.2 Å². The summed E-state index contributed by atoms with van der Waals surface area (Å²) in [5.41, 5.74) is 5.21. The zero-order valence-corrected chi connectivity index (χ0v) is 7.11. The van der Waals surface area contributed by atoms with Crippen LogP contribution >= 0.6 is 18.5 Å². The molecule has 4 heteroatoms. The van der Waals surface area contributed by atoms with E-state index in [1.807, 2.05) is 0 Å². The monoisotopic (exact) mass is 153 g/mol. The minimum absolute atomic E-state index is 0.644. The standard InChI is InChI=1S/C4H13NOP2/c5-3-1-2-4(6,7)8/h6H,1-3,5,7-8H2. The highest BCUT2D eigenvalue weighted by Gasteiger charge is 2.10. The van der Waals surface area contributed by atoms with E-state index in [4.69, 9.17) is 10.8 Å². The van der Waals surface area contributed by atoms with Crippen molar-refractivity contribution >= 4 is 18.5 Å². The molecule has 0 aromatic heterocycles. The second-order valence-electron chi connectivity index (χ2n) is 1.88. The first kappa shape index (κ1) is 8.78. The maximum atomic E-state index is 9.02. The molecule has 0 aliphatic heterocycles. The largest absolute Gasteiger partial charge is 0.382 e. The van der Waals surface area contributed by atoms with E-state index in [-0.39, 0.29) is 0 Å². The predicted molar refractivity (Wildman–Crippen MR) is 42.7 cm³/mol. The quantitative estimate of drug-likeness (QED) is 0.566. The van der Waals surface area contributed by atoms with Crippen molar-refractivity contribution in [3.8, 4) is 0 Å². The Labute approximate surface area is 54.6 Å². The van der Waals surface area contributed by atoms with Crippen molar-refractivity contribution in [3.05, 3.63) is 0 Å². The molecule has 0 saturated carbocycles. The van der Waals surface area contributed by atoms with Crippen LogP contribution in [0.15, 0.2) is 0 Å². The molecular weight excluding hydrogens is 140 g/mol. The molecule has 0 aliphatic carbocycles. The van der Waals surface area contributed by atoms with Crippen molar-refractivity contribution in [2.75, 3.05) is 6.54 Å². The van der Waals surface area contributed by atoms with Crippen molar-refractivity contribution in [2.24, 2.45) is 5.73 Å². The number of hydrogen-bond donors (Lipinski definition) is 2. The third-order valence-electron chi connectivity index (χ3n) is 0.781. The van der Waals surface area contributed by atoms with Gasteiger partial charge in [-0.1, -0.05) is 18.5 Å². The number of aliphatic hydroxyl groups is 1. The molecule has 3 N–H and O–H groups in total. The van der Waals surface area contributed by atoms with Gasteiger partial charge in [-0.2, -0.15) is 0 Å². The Hall–Kier alpha value is 0.780. The lowest BCUT2D eigenvalue weighted by atomic mass is 10.3. The van der Waals surface area contributed by atoms with E-state index >= 15 is 0 Å². The summed E-state index contributed by atoms with van der Waals surface area (Å²) in [6.07, 6.45) is 1.59. The third kappa shape index (κ3) is 6.78. The first-order chi connectivity index (χ1) is 3.56. The van der Waals surface area contributed by atoms with Crippen molar-refractivity contribution in [1.29, 1.82) is 0 Å². The van der Waals surface area contributed by atoms with Gasteiger partial charge >= 0.3 is 0 Å². The zero-order valence-electron chi connectivity index (χ0n) is 4.80. The Morgan fingerprint density at radius 3 is 2.12 bits per heavy atom. The average molecular weight is 153 g/mol. The van der Waals surface area contributed by atoms with Gasteiger partial charge in [0.15, 0.2) is 0 Å². The lowest BCUT2D eigenvalue weighted by molar-refractivity contribution is 0.215. The van der Waals surface area contributed by atoms with Crippen molar-refractivity contribution in [2.45, 2.75) is 17.9 Å². The Morgan fingerprint density at radius 2 is 2.00 bits per heavy atom. The van der Waals surface area contributed by atoms with Gasteiger partial charge in [-0.05, 0) is 19.4 Å². The molecule has 0 fully saturated rings. The van der Waals surface area contributed by atoms with Crippen LogP contribution in [0.1, 0.15) is 12.8 Å². The third-order valence-corrected chi connectivity index (χ3v) is 1.36. The first-order valence-corrected chi connectivity index (χ1v) is 3.72. The second-order valence-corrected chi connectivity index (χ2v) is 4.55. The van der Waals surface area contributed by atoms with Crippen molar-refractivity contribution in [3.63, 3.8) is 0 Å². The fourth-order valence-electron chi connectivity index (χ4n) is 0.385. The van der Waals surface area contributed by atoms with E-state index < -0.39 is 5.08 Å². The molecule has 0 rings (SSSR count). The molecular formula is C4H13NOP2. The Morgan fingerprint density at radius 1 is 1.50 bits per heavy atom. The van der Waals surface area contributed by atoms with E-state index in [2.05, 4.69) is 18.5 Å². The molecule has 0 radical (unpaired) electrons. The van der Waals surface area contributed by atoms with Gasteiger partial charge in [0.25, 0.3) is 0 Å². The number of hydrogen-bond acceptors (Lipinski definition) is 2. The smallest absolute Gasteiger partial charge is 0.0906 e. The van der Waals surface area contributed by atoms with E-state index in [9.17, 15) is 0 Å². The Bertz CT molecular complexity index is 61.5. The molecule has 50 valence electrons. The van der Waals surface area contributed by atoms with Gasteiger partial charge in [0.05, 0.1) is 5.08 Å². The van der Waals surface area contributed by atoms with E-state index in [0.29, 0.717) is 6.54 Å². The zero-order chi connectivity index (χ0) is 6.62. The molecule has 0 heterocycles.